The summed E-state index contributed by atoms with van der Waals surface area (Å²) in [7, 11) is 0. The number of ether oxygens (including phenoxy) is 1. The van der Waals surface area contributed by atoms with Gasteiger partial charge < -0.3 is 9.84 Å². The Morgan fingerprint density at radius 2 is 2.33 bits per heavy atom. The fourth-order valence-corrected chi connectivity index (χ4v) is 2.22. The van der Waals surface area contributed by atoms with Crippen LogP contribution in [0.5, 0.6) is 0 Å². The molecular weight excluding hydrogens is 198 g/mol. The molecule has 5 nitrogen and oxygen atoms in total. The average Bonchev–Trinajstić information content (AvgIpc) is 2.52. The van der Waals surface area contributed by atoms with Gasteiger partial charge in [0.2, 0.25) is 0 Å². The van der Waals surface area contributed by atoms with Crippen LogP contribution in [0.3, 0.4) is 0 Å². The minimum absolute atomic E-state index is 0.175. The first kappa shape index (κ1) is 10.3. The van der Waals surface area contributed by atoms with Crippen molar-refractivity contribution in [3.05, 3.63) is 11.8 Å². The molecule has 0 aromatic heterocycles. The Kier molecular flexibility index (Phi) is 2.56. The van der Waals surface area contributed by atoms with Crippen LogP contribution in [-0.2, 0) is 9.57 Å². The third kappa shape index (κ3) is 2.23. The Bertz CT molecular complexity index is 292. The van der Waals surface area contributed by atoms with Crippen molar-refractivity contribution in [1.29, 1.82) is 0 Å². The molecule has 0 aromatic rings. The van der Waals surface area contributed by atoms with Crippen LogP contribution in [0, 0.1) is 0 Å². The lowest BCUT2D eigenvalue weighted by atomic mass is 9.83. The maximum absolute atomic E-state index is 10.4. The first-order chi connectivity index (χ1) is 7.10. The molecule has 1 spiro atoms. The Hall–Kier alpha value is -1.23. The highest BCUT2D eigenvalue weighted by Gasteiger charge is 2.39. The van der Waals surface area contributed by atoms with E-state index in [9.17, 15) is 4.79 Å². The van der Waals surface area contributed by atoms with Gasteiger partial charge in [0, 0.05) is 5.70 Å². The highest BCUT2D eigenvalue weighted by atomic mass is 16.7. The monoisotopic (exact) mass is 213 g/mol. The molecule has 1 heterocycles. The number of rotatable bonds is 1. The molecule has 1 fully saturated rings. The molecule has 5 heteroatoms. The SMILES string of the molecule is CC1=CC2(CCC(OC(=O)O)CC2)ON1. The van der Waals surface area contributed by atoms with Crippen molar-refractivity contribution in [2.75, 3.05) is 0 Å². The predicted molar refractivity (Wildman–Crippen MR) is 52.1 cm³/mol. The van der Waals surface area contributed by atoms with Gasteiger partial charge in [-0.25, -0.2) is 4.79 Å². The lowest BCUT2D eigenvalue weighted by molar-refractivity contribution is -0.0829. The summed E-state index contributed by atoms with van der Waals surface area (Å²) in [5.74, 6) is 0. The quantitative estimate of drug-likeness (QED) is 0.650. The van der Waals surface area contributed by atoms with Crippen LogP contribution in [0.2, 0.25) is 0 Å². The molecule has 2 rings (SSSR count). The lowest BCUT2D eigenvalue weighted by Gasteiger charge is -2.33. The normalized spacial score (nSPS) is 34.7. The van der Waals surface area contributed by atoms with Gasteiger partial charge in [-0.1, -0.05) is 0 Å². The minimum Gasteiger partial charge on any atom is -0.450 e. The summed E-state index contributed by atoms with van der Waals surface area (Å²) in [5, 5.41) is 8.49. The topological polar surface area (TPSA) is 67.8 Å². The van der Waals surface area contributed by atoms with E-state index in [2.05, 4.69) is 11.6 Å². The van der Waals surface area contributed by atoms with Gasteiger partial charge in [0.1, 0.15) is 11.7 Å². The van der Waals surface area contributed by atoms with Crippen molar-refractivity contribution in [3.8, 4) is 0 Å². The molecule has 2 aliphatic rings. The fraction of sp³-hybridized carbons (Fsp3) is 0.700. The third-order valence-corrected chi connectivity index (χ3v) is 2.94. The number of allylic oxidation sites excluding steroid dienone is 1. The van der Waals surface area contributed by atoms with E-state index < -0.39 is 6.16 Å². The average molecular weight is 213 g/mol. The van der Waals surface area contributed by atoms with Crippen molar-refractivity contribution < 1.29 is 19.5 Å². The van der Waals surface area contributed by atoms with Crippen LogP contribution in [0.25, 0.3) is 0 Å². The maximum atomic E-state index is 10.4. The predicted octanol–water partition coefficient (Wildman–Crippen LogP) is 1.80. The van der Waals surface area contributed by atoms with Crippen LogP contribution in [0.4, 0.5) is 4.79 Å². The van der Waals surface area contributed by atoms with Gasteiger partial charge in [-0.3, -0.25) is 10.3 Å². The molecule has 1 aliphatic heterocycles. The number of hydrogen-bond donors (Lipinski definition) is 2. The maximum Gasteiger partial charge on any atom is 0.506 e. The molecule has 0 unspecified atom stereocenters. The Morgan fingerprint density at radius 3 is 2.80 bits per heavy atom. The molecule has 0 atom stereocenters. The van der Waals surface area contributed by atoms with E-state index in [1.807, 2.05) is 6.92 Å². The van der Waals surface area contributed by atoms with E-state index in [1.165, 1.54) is 0 Å². The molecule has 0 saturated heterocycles. The van der Waals surface area contributed by atoms with Gasteiger partial charge in [-0.15, -0.1) is 0 Å². The number of hydroxylamine groups is 1. The van der Waals surface area contributed by atoms with Gasteiger partial charge in [0.15, 0.2) is 0 Å². The van der Waals surface area contributed by atoms with Crippen LogP contribution in [-0.4, -0.2) is 23.0 Å². The zero-order valence-corrected chi connectivity index (χ0v) is 8.66. The van der Waals surface area contributed by atoms with E-state index in [-0.39, 0.29) is 11.7 Å². The first-order valence-electron chi connectivity index (χ1n) is 5.13. The largest absolute Gasteiger partial charge is 0.506 e. The van der Waals surface area contributed by atoms with Crippen LogP contribution < -0.4 is 5.48 Å². The van der Waals surface area contributed by atoms with Crippen molar-refractivity contribution in [3.63, 3.8) is 0 Å². The summed E-state index contributed by atoms with van der Waals surface area (Å²) in [4.78, 5) is 15.9. The standard InChI is InChI=1S/C10H15NO4/c1-7-6-10(15-11-7)4-2-8(3-5-10)14-9(12)13/h6,8,11H,2-5H2,1H3,(H,12,13). The molecule has 0 aromatic carbocycles. The first-order valence-corrected chi connectivity index (χ1v) is 5.13. The van der Waals surface area contributed by atoms with E-state index in [4.69, 9.17) is 14.7 Å². The molecule has 15 heavy (non-hydrogen) atoms. The van der Waals surface area contributed by atoms with Crippen molar-refractivity contribution in [1.82, 2.24) is 5.48 Å². The zero-order chi connectivity index (χ0) is 10.9. The summed E-state index contributed by atoms with van der Waals surface area (Å²) in [6, 6.07) is 0. The van der Waals surface area contributed by atoms with Gasteiger partial charge in [-0.05, 0) is 38.7 Å². The smallest absolute Gasteiger partial charge is 0.450 e. The molecule has 0 radical (unpaired) electrons. The number of hydrogen-bond acceptors (Lipinski definition) is 4. The second-order valence-electron chi connectivity index (χ2n) is 4.18. The summed E-state index contributed by atoms with van der Waals surface area (Å²) >= 11 is 0. The highest BCUT2D eigenvalue weighted by molar-refractivity contribution is 5.57. The van der Waals surface area contributed by atoms with Crippen LogP contribution in [0.1, 0.15) is 32.6 Å². The van der Waals surface area contributed by atoms with Crippen LogP contribution in [0.15, 0.2) is 11.8 Å². The second-order valence-corrected chi connectivity index (χ2v) is 4.18. The zero-order valence-electron chi connectivity index (χ0n) is 8.66. The van der Waals surface area contributed by atoms with Crippen molar-refractivity contribution >= 4 is 6.16 Å². The van der Waals surface area contributed by atoms with E-state index in [0.717, 1.165) is 31.4 Å². The molecule has 1 aliphatic carbocycles. The van der Waals surface area contributed by atoms with E-state index in [0.29, 0.717) is 0 Å². The number of carboxylic acid groups (broad SMARTS) is 1. The van der Waals surface area contributed by atoms with E-state index >= 15 is 0 Å². The molecule has 0 bridgehead atoms. The molecule has 1 saturated carbocycles. The molecule has 0 amide bonds. The summed E-state index contributed by atoms with van der Waals surface area (Å²) in [6.45, 7) is 1.95. The second kappa shape index (κ2) is 3.73. The fourth-order valence-electron chi connectivity index (χ4n) is 2.22. The van der Waals surface area contributed by atoms with E-state index in [1.54, 1.807) is 0 Å². The Balaban J connectivity index is 1.89. The number of carbonyl (C=O) groups is 1. The van der Waals surface area contributed by atoms with Gasteiger partial charge in [0.25, 0.3) is 0 Å². The third-order valence-electron chi connectivity index (χ3n) is 2.94. The summed E-state index contributed by atoms with van der Waals surface area (Å²) < 4.78 is 4.74. The van der Waals surface area contributed by atoms with Crippen molar-refractivity contribution in [2.24, 2.45) is 0 Å². The summed E-state index contributed by atoms with van der Waals surface area (Å²) in [5.41, 5.74) is 3.63. The highest BCUT2D eigenvalue weighted by Crippen LogP contribution is 2.36. The molecule has 2 N–H and O–H groups in total. The van der Waals surface area contributed by atoms with Crippen molar-refractivity contribution in [2.45, 2.75) is 44.3 Å². The minimum atomic E-state index is -1.19. The molecule has 84 valence electrons. The Labute approximate surface area is 88.0 Å². The number of nitrogens with one attached hydrogen (secondary N) is 1. The van der Waals surface area contributed by atoms with Crippen LogP contribution >= 0.6 is 0 Å². The van der Waals surface area contributed by atoms with Gasteiger partial charge in [0.05, 0.1) is 0 Å². The van der Waals surface area contributed by atoms with Gasteiger partial charge >= 0.3 is 6.16 Å². The summed E-state index contributed by atoms with van der Waals surface area (Å²) in [6.07, 6.45) is 3.75. The lowest BCUT2D eigenvalue weighted by Crippen LogP contribution is -2.37. The Morgan fingerprint density at radius 1 is 1.67 bits per heavy atom. The van der Waals surface area contributed by atoms with Gasteiger partial charge in [-0.2, -0.15) is 0 Å². The molecular formula is C10H15NO4.